The third-order valence-electron chi connectivity index (χ3n) is 3.58. The van der Waals surface area contributed by atoms with Crippen molar-refractivity contribution < 1.29 is 4.55 Å². The molecule has 1 saturated carbocycles. The second kappa shape index (κ2) is 7.11. The summed E-state index contributed by atoms with van der Waals surface area (Å²) in [6.07, 6.45) is 6.03. The molecule has 1 heterocycles. The van der Waals surface area contributed by atoms with Gasteiger partial charge in [0.15, 0.2) is 0 Å². The summed E-state index contributed by atoms with van der Waals surface area (Å²) in [7, 11) is 1.73. The van der Waals surface area contributed by atoms with Crippen molar-refractivity contribution in [2.45, 2.75) is 38.6 Å². The molecule has 0 aromatic carbocycles. The molecule has 1 N–H and O–H groups in total. The summed E-state index contributed by atoms with van der Waals surface area (Å²) in [5.74, 6) is 1.16. The molecule has 1 fully saturated rings. The molecule has 0 amide bonds. The first-order valence-corrected chi connectivity index (χ1v) is 9.14. The van der Waals surface area contributed by atoms with E-state index in [0.29, 0.717) is 11.7 Å². The smallest absolute Gasteiger partial charge is 0.250 e. The van der Waals surface area contributed by atoms with Crippen molar-refractivity contribution in [1.82, 2.24) is 9.29 Å². The van der Waals surface area contributed by atoms with Gasteiger partial charge in [-0.05, 0) is 46.7 Å². The Bertz CT molecular complexity index is 516. The van der Waals surface area contributed by atoms with Crippen molar-refractivity contribution >= 4 is 27.3 Å². The Morgan fingerprint density at radius 1 is 1.60 bits per heavy atom. The Hall–Kier alpha value is -0.300. The number of unbranched alkanes of at least 4 members (excludes halogenated alkanes) is 1. The highest BCUT2D eigenvalue weighted by atomic mass is 79.9. The van der Waals surface area contributed by atoms with E-state index in [4.69, 9.17) is 0 Å². The van der Waals surface area contributed by atoms with Gasteiger partial charge in [0.1, 0.15) is 5.75 Å². The topological polar surface area (TPSA) is 57.1 Å². The first-order chi connectivity index (χ1) is 9.52. The molecule has 4 nitrogen and oxygen atoms in total. The maximum atomic E-state index is 12.1. The van der Waals surface area contributed by atoms with Gasteiger partial charge in [-0.25, -0.2) is 0 Å². The van der Waals surface area contributed by atoms with Crippen LogP contribution in [-0.2, 0) is 18.4 Å². The van der Waals surface area contributed by atoms with Crippen LogP contribution >= 0.6 is 15.9 Å². The van der Waals surface area contributed by atoms with Gasteiger partial charge in [-0.2, -0.15) is 0 Å². The third-order valence-corrected chi connectivity index (χ3v) is 5.42. The highest BCUT2D eigenvalue weighted by molar-refractivity contribution is 9.10. The molecule has 112 valence electrons. The van der Waals surface area contributed by atoms with Crippen LogP contribution in [0.3, 0.4) is 0 Å². The zero-order valence-corrected chi connectivity index (χ0v) is 14.3. The summed E-state index contributed by atoms with van der Waals surface area (Å²) in [6, 6.07) is 1.66. The minimum atomic E-state index is -1.03. The fraction of sp³-hybridized carbons (Fsp3) is 0.643. The van der Waals surface area contributed by atoms with E-state index in [1.165, 1.54) is 0 Å². The predicted octanol–water partition coefficient (Wildman–Crippen LogP) is 2.65. The zero-order valence-electron chi connectivity index (χ0n) is 11.9. The quantitative estimate of drug-likeness (QED) is 0.760. The van der Waals surface area contributed by atoms with Crippen LogP contribution in [0.4, 0.5) is 0 Å². The first kappa shape index (κ1) is 16.1. The molecule has 0 radical (unpaired) electrons. The number of aromatic nitrogens is 1. The molecule has 0 aliphatic heterocycles. The van der Waals surface area contributed by atoms with Gasteiger partial charge in [0.05, 0.1) is 6.04 Å². The lowest BCUT2D eigenvalue weighted by Crippen LogP contribution is -2.33. The number of aryl methyl sites for hydroxylation is 1. The molecule has 2 atom stereocenters. The van der Waals surface area contributed by atoms with Crippen LogP contribution in [0.1, 0.15) is 44.2 Å². The number of nitrogens with zero attached hydrogens (tertiary/aromatic N) is 1. The summed E-state index contributed by atoms with van der Waals surface area (Å²) >= 11 is 2.49. The Morgan fingerprint density at radius 2 is 2.30 bits per heavy atom. The van der Waals surface area contributed by atoms with Gasteiger partial charge >= 0.3 is 0 Å². The largest absolute Gasteiger partial charge is 0.598 e. The molecule has 0 saturated heterocycles. The average Bonchev–Trinajstić information content (AvgIpc) is 3.22. The van der Waals surface area contributed by atoms with Crippen LogP contribution in [-0.4, -0.2) is 14.9 Å². The monoisotopic (exact) mass is 360 g/mol. The third kappa shape index (κ3) is 4.10. The molecule has 1 aromatic heterocycles. The van der Waals surface area contributed by atoms with Gasteiger partial charge in [0, 0.05) is 35.1 Å². The highest BCUT2D eigenvalue weighted by Gasteiger charge is 2.36. The molecule has 1 aromatic rings. The number of pyridine rings is 1. The Kier molecular flexibility index (Phi) is 5.72. The normalized spacial score (nSPS) is 18.0. The van der Waals surface area contributed by atoms with Crippen LogP contribution in [0, 0.1) is 5.92 Å². The second-order valence-electron chi connectivity index (χ2n) is 5.36. The molecule has 0 bridgehead atoms. The molecule has 2 rings (SSSR count). The molecule has 20 heavy (non-hydrogen) atoms. The second-order valence-corrected chi connectivity index (χ2v) is 7.55. The predicted molar refractivity (Wildman–Crippen MR) is 85.9 cm³/mol. The van der Waals surface area contributed by atoms with E-state index in [2.05, 4.69) is 27.6 Å². The van der Waals surface area contributed by atoms with Gasteiger partial charge < -0.3 is 9.12 Å². The number of halogens is 1. The Balaban J connectivity index is 2.16. The summed E-state index contributed by atoms with van der Waals surface area (Å²) < 4.78 is 17.7. The van der Waals surface area contributed by atoms with Crippen molar-refractivity contribution in [3.8, 4) is 0 Å². The van der Waals surface area contributed by atoms with E-state index >= 15 is 0 Å². The zero-order chi connectivity index (χ0) is 14.7. The fourth-order valence-corrected chi connectivity index (χ4v) is 4.11. The van der Waals surface area contributed by atoms with Crippen molar-refractivity contribution in [3.63, 3.8) is 0 Å². The molecular weight excluding hydrogens is 340 g/mol. The van der Waals surface area contributed by atoms with Crippen molar-refractivity contribution in [2.24, 2.45) is 13.0 Å². The molecule has 1 unspecified atom stereocenters. The van der Waals surface area contributed by atoms with Crippen molar-refractivity contribution in [1.29, 1.82) is 0 Å². The van der Waals surface area contributed by atoms with E-state index in [1.807, 2.05) is 0 Å². The summed E-state index contributed by atoms with van der Waals surface area (Å²) in [4.78, 5) is 11.8. The highest BCUT2D eigenvalue weighted by Crippen LogP contribution is 2.42. The lowest BCUT2D eigenvalue weighted by Gasteiger charge is -2.21. The minimum Gasteiger partial charge on any atom is -0.598 e. The SMILES string of the molecule is CCCC[S@+]([O-])NC(c1cc(=O)n(C)cc1Br)C1CC1. The lowest BCUT2D eigenvalue weighted by atomic mass is 10.1. The van der Waals surface area contributed by atoms with Gasteiger partial charge in [0.25, 0.3) is 5.56 Å². The van der Waals surface area contributed by atoms with E-state index < -0.39 is 11.4 Å². The van der Waals surface area contributed by atoms with Gasteiger partial charge in [-0.1, -0.05) is 13.3 Å². The Morgan fingerprint density at radius 3 is 2.90 bits per heavy atom. The molecular formula is C14H21BrN2O2S. The number of hydrogen-bond acceptors (Lipinski definition) is 3. The van der Waals surface area contributed by atoms with Gasteiger partial charge in [-0.3, -0.25) is 4.79 Å². The molecule has 1 aliphatic carbocycles. The fourth-order valence-electron chi connectivity index (χ4n) is 2.17. The van der Waals surface area contributed by atoms with E-state index in [0.717, 1.165) is 35.7 Å². The van der Waals surface area contributed by atoms with Crippen LogP contribution in [0.5, 0.6) is 0 Å². The van der Waals surface area contributed by atoms with E-state index in [1.54, 1.807) is 23.9 Å². The molecule has 0 spiro atoms. The minimum absolute atomic E-state index is 0.0102. The maximum absolute atomic E-state index is 12.1. The molecule has 6 heteroatoms. The van der Waals surface area contributed by atoms with Crippen molar-refractivity contribution in [2.75, 3.05) is 5.75 Å². The summed E-state index contributed by atoms with van der Waals surface area (Å²) in [6.45, 7) is 2.09. The average molecular weight is 361 g/mol. The Labute approximate surface area is 131 Å². The van der Waals surface area contributed by atoms with Gasteiger partial charge in [0.2, 0.25) is 0 Å². The number of hydrogen-bond donors (Lipinski definition) is 1. The lowest BCUT2D eigenvalue weighted by molar-refractivity contribution is 0.524. The summed E-state index contributed by atoms with van der Waals surface area (Å²) in [5.41, 5.74) is 0.899. The first-order valence-electron chi connectivity index (χ1n) is 7.03. The van der Waals surface area contributed by atoms with E-state index in [9.17, 15) is 9.35 Å². The van der Waals surface area contributed by atoms with Crippen LogP contribution in [0.25, 0.3) is 0 Å². The molecule has 1 aliphatic rings. The van der Waals surface area contributed by atoms with Crippen LogP contribution in [0.2, 0.25) is 0 Å². The maximum Gasteiger partial charge on any atom is 0.250 e. The number of nitrogens with one attached hydrogen (secondary N) is 1. The van der Waals surface area contributed by atoms with Crippen LogP contribution < -0.4 is 10.3 Å². The van der Waals surface area contributed by atoms with Gasteiger partial charge in [-0.15, -0.1) is 4.72 Å². The summed E-state index contributed by atoms with van der Waals surface area (Å²) in [5, 5.41) is 0. The van der Waals surface area contributed by atoms with Crippen molar-refractivity contribution in [3.05, 3.63) is 32.7 Å². The van der Waals surface area contributed by atoms with Crippen LogP contribution in [0.15, 0.2) is 21.5 Å². The number of rotatable bonds is 7. The standard InChI is InChI=1S/C14H21BrN2O2S/c1-3-4-7-20(19)16-14(10-5-6-10)11-8-13(18)17(2)9-12(11)15/h8-10,14,16H,3-7H2,1-2H3/t14?,20-/m0/s1. The van der Waals surface area contributed by atoms with E-state index in [-0.39, 0.29) is 11.6 Å².